The summed E-state index contributed by atoms with van der Waals surface area (Å²) in [6.07, 6.45) is 1.47. The maximum absolute atomic E-state index is 12.0. The molecule has 96 valence electrons. The fraction of sp³-hybridized carbons (Fsp3) is 0.667. The van der Waals surface area contributed by atoms with Gasteiger partial charge >= 0.3 is 0 Å². The molecular weight excluding hydrogens is 218 g/mol. The first-order chi connectivity index (χ1) is 7.95. The Morgan fingerprint density at radius 3 is 2.65 bits per heavy atom. The van der Waals surface area contributed by atoms with Gasteiger partial charge in [-0.1, -0.05) is 13.8 Å². The van der Waals surface area contributed by atoms with Crippen LogP contribution in [-0.2, 0) is 13.5 Å². The van der Waals surface area contributed by atoms with E-state index in [-0.39, 0.29) is 12.5 Å². The van der Waals surface area contributed by atoms with Crippen molar-refractivity contribution in [1.82, 2.24) is 15.1 Å². The van der Waals surface area contributed by atoms with Crippen LogP contribution in [0.5, 0.6) is 0 Å². The fourth-order valence-electron chi connectivity index (χ4n) is 1.49. The zero-order valence-corrected chi connectivity index (χ0v) is 10.9. The van der Waals surface area contributed by atoms with Crippen LogP contribution in [0, 0.1) is 0 Å². The Morgan fingerprint density at radius 1 is 1.59 bits per heavy atom. The molecule has 0 radical (unpaired) electrons. The largest absolute Gasteiger partial charge is 0.394 e. The first-order valence-electron chi connectivity index (χ1n) is 5.92. The molecule has 0 aliphatic heterocycles. The van der Waals surface area contributed by atoms with Gasteiger partial charge in [0.2, 0.25) is 0 Å². The molecule has 0 spiro atoms. The Bertz CT molecular complexity index is 394. The average Bonchev–Trinajstić information content (AvgIpc) is 2.70. The lowest BCUT2D eigenvalue weighted by Gasteiger charge is -2.27. The first-order valence-corrected chi connectivity index (χ1v) is 5.92. The molecule has 1 unspecified atom stereocenters. The molecule has 0 saturated carbocycles. The van der Waals surface area contributed by atoms with Gasteiger partial charge in [0.15, 0.2) is 0 Å². The number of amides is 1. The van der Waals surface area contributed by atoms with Crippen LogP contribution in [0.15, 0.2) is 6.07 Å². The van der Waals surface area contributed by atoms with Gasteiger partial charge in [0.05, 0.1) is 17.8 Å². The van der Waals surface area contributed by atoms with E-state index in [4.69, 9.17) is 0 Å². The summed E-state index contributed by atoms with van der Waals surface area (Å²) in [5, 5.41) is 16.3. The molecule has 0 bridgehead atoms. The third-order valence-corrected chi connectivity index (χ3v) is 3.07. The van der Waals surface area contributed by atoms with Crippen molar-refractivity contribution in [3.63, 3.8) is 0 Å². The zero-order chi connectivity index (χ0) is 13.1. The molecule has 1 heterocycles. The van der Waals surface area contributed by atoms with E-state index in [0.29, 0.717) is 12.1 Å². The van der Waals surface area contributed by atoms with Gasteiger partial charge in [-0.15, -0.1) is 0 Å². The Labute approximate surface area is 102 Å². The highest BCUT2D eigenvalue weighted by Crippen LogP contribution is 2.10. The first kappa shape index (κ1) is 13.7. The van der Waals surface area contributed by atoms with E-state index in [1.54, 1.807) is 17.8 Å². The number of aliphatic hydroxyl groups is 1. The molecule has 1 aromatic heterocycles. The number of hydrogen-bond acceptors (Lipinski definition) is 3. The second kappa shape index (κ2) is 5.31. The minimum Gasteiger partial charge on any atom is -0.394 e. The number of aryl methyl sites for hydroxylation is 2. The Morgan fingerprint density at radius 2 is 2.24 bits per heavy atom. The number of rotatable bonds is 5. The van der Waals surface area contributed by atoms with Gasteiger partial charge < -0.3 is 10.4 Å². The molecule has 0 aliphatic carbocycles. The molecule has 0 aromatic carbocycles. The van der Waals surface area contributed by atoms with E-state index in [1.807, 2.05) is 20.8 Å². The standard InChI is InChI=1S/C12H21N3O2/c1-5-9-7-10(15(4)14-9)11(17)13-12(3,6-2)8-16/h7,16H,5-6,8H2,1-4H3,(H,13,17). The normalized spacial score (nSPS) is 14.4. The highest BCUT2D eigenvalue weighted by molar-refractivity contribution is 5.93. The summed E-state index contributed by atoms with van der Waals surface area (Å²) in [6.45, 7) is 5.67. The van der Waals surface area contributed by atoms with Crippen molar-refractivity contribution in [3.05, 3.63) is 17.5 Å². The zero-order valence-electron chi connectivity index (χ0n) is 10.9. The van der Waals surface area contributed by atoms with Crippen molar-refractivity contribution in [2.24, 2.45) is 7.05 Å². The van der Waals surface area contributed by atoms with E-state index in [9.17, 15) is 9.90 Å². The van der Waals surface area contributed by atoms with Gasteiger partial charge in [0.1, 0.15) is 5.69 Å². The van der Waals surface area contributed by atoms with E-state index in [1.165, 1.54) is 0 Å². The van der Waals surface area contributed by atoms with Crippen LogP contribution in [-0.4, -0.2) is 32.9 Å². The van der Waals surface area contributed by atoms with Crippen LogP contribution in [0.1, 0.15) is 43.4 Å². The number of aromatic nitrogens is 2. The summed E-state index contributed by atoms with van der Waals surface area (Å²) < 4.78 is 1.57. The van der Waals surface area contributed by atoms with Crippen molar-refractivity contribution in [2.45, 2.75) is 39.2 Å². The van der Waals surface area contributed by atoms with Gasteiger partial charge in [-0.05, 0) is 25.8 Å². The molecule has 0 saturated heterocycles. The lowest BCUT2D eigenvalue weighted by atomic mass is 10.00. The third-order valence-electron chi connectivity index (χ3n) is 3.07. The highest BCUT2D eigenvalue weighted by Gasteiger charge is 2.25. The molecule has 1 amide bonds. The second-order valence-electron chi connectivity index (χ2n) is 4.52. The predicted molar refractivity (Wildman–Crippen MR) is 65.8 cm³/mol. The monoisotopic (exact) mass is 239 g/mol. The molecule has 0 aliphatic rings. The van der Waals surface area contributed by atoms with E-state index in [2.05, 4.69) is 10.4 Å². The molecule has 17 heavy (non-hydrogen) atoms. The summed E-state index contributed by atoms with van der Waals surface area (Å²) in [6, 6.07) is 1.78. The summed E-state index contributed by atoms with van der Waals surface area (Å²) in [5.41, 5.74) is 0.836. The van der Waals surface area contributed by atoms with Gasteiger partial charge in [-0.3, -0.25) is 9.48 Å². The van der Waals surface area contributed by atoms with Crippen molar-refractivity contribution in [1.29, 1.82) is 0 Å². The van der Waals surface area contributed by atoms with Crippen LogP contribution >= 0.6 is 0 Å². The predicted octanol–water partition coefficient (Wildman–Crippen LogP) is 0.873. The highest BCUT2D eigenvalue weighted by atomic mass is 16.3. The third kappa shape index (κ3) is 3.06. The van der Waals surface area contributed by atoms with Crippen LogP contribution in [0.4, 0.5) is 0 Å². The van der Waals surface area contributed by atoms with E-state index in [0.717, 1.165) is 12.1 Å². The number of nitrogens with one attached hydrogen (secondary N) is 1. The topological polar surface area (TPSA) is 67.2 Å². The number of hydrogen-bond donors (Lipinski definition) is 2. The van der Waals surface area contributed by atoms with E-state index < -0.39 is 5.54 Å². The summed E-state index contributed by atoms with van der Waals surface area (Å²) in [7, 11) is 1.75. The molecule has 5 nitrogen and oxygen atoms in total. The number of carbonyl (C=O) groups excluding carboxylic acids is 1. The summed E-state index contributed by atoms with van der Waals surface area (Å²) >= 11 is 0. The van der Waals surface area contributed by atoms with Crippen molar-refractivity contribution in [3.8, 4) is 0 Å². The minimum atomic E-state index is -0.576. The summed E-state index contributed by atoms with van der Waals surface area (Å²) in [5.74, 6) is -0.196. The van der Waals surface area contributed by atoms with Crippen LogP contribution in [0.3, 0.4) is 0 Å². The molecule has 0 fully saturated rings. The fourth-order valence-corrected chi connectivity index (χ4v) is 1.49. The minimum absolute atomic E-state index is 0.0757. The smallest absolute Gasteiger partial charge is 0.270 e. The number of nitrogens with zero attached hydrogens (tertiary/aromatic N) is 2. The van der Waals surface area contributed by atoms with Gasteiger partial charge in [0.25, 0.3) is 5.91 Å². The Balaban J connectivity index is 2.86. The SMILES string of the molecule is CCc1cc(C(=O)NC(C)(CC)CO)n(C)n1. The van der Waals surface area contributed by atoms with Crippen molar-refractivity contribution >= 4 is 5.91 Å². The lowest BCUT2D eigenvalue weighted by molar-refractivity contribution is 0.0838. The molecular formula is C12H21N3O2. The molecule has 2 N–H and O–H groups in total. The maximum atomic E-state index is 12.0. The van der Waals surface area contributed by atoms with Gasteiger partial charge in [-0.2, -0.15) is 5.10 Å². The van der Waals surface area contributed by atoms with Crippen LogP contribution < -0.4 is 5.32 Å². The van der Waals surface area contributed by atoms with Crippen LogP contribution in [0.25, 0.3) is 0 Å². The van der Waals surface area contributed by atoms with Gasteiger partial charge in [0, 0.05) is 7.05 Å². The average molecular weight is 239 g/mol. The maximum Gasteiger partial charge on any atom is 0.270 e. The Hall–Kier alpha value is -1.36. The summed E-state index contributed by atoms with van der Waals surface area (Å²) in [4.78, 5) is 12.0. The van der Waals surface area contributed by atoms with E-state index >= 15 is 0 Å². The quantitative estimate of drug-likeness (QED) is 0.801. The second-order valence-corrected chi connectivity index (χ2v) is 4.52. The van der Waals surface area contributed by atoms with Gasteiger partial charge in [-0.25, -0.2) is 0 Å². The number of aliphatic hydroxyl groups excluding tert-OH is 1. The molecule has 1 aromatic rings. The molecule has 1 rings (SSSR count). The Kier molecular flexibility index (Phi) is 4.28. The number of carbonyl (C=O) groups is 1. The molecule has 5 heteroatoms. The van der Waals surface area contributed by atoms with Crippen LogP contribution in [0.2, 0.25) is 0 Å². The molecule has 1 atom stereocenters. The van der Waals surface area contributed by atoms with Crippen molar-refractivity contribution in [2.75, 3.05) is 6.61 Å². The van der Waals surface area contributed by atoms with Crippen molar-refractivity contribution < 1.29 is 9.90 Å². The lowest BCUT2D eigenvalue weighted by Crippen LogP contribution is -2.48.